The average Bonchev–Trinajstić information content (AvgIpc) is 2.38. The van der Waals surface area contributed by atoms with Crippen molar-refractivity contribution >= 4 is 21.8 Å². The van der Waals surface area contributed by atoms with E-state index in [1.165, 1.54) is 32.1 Å². The van der Waals surface area contributed by atoms with Gasteiger partial charge in [-0.05, 0) is 37.5 Å². The fourth-order valence-electron chi connectivity index (χ4n) is 3.54. The smallest absolute Gasteiger partial charge is 0.236 e. The molecule has 3 heteroatoms. The molecule has 2 aliphatic rings. The second-order valence-electron chi connectivity index (χ2n) is 5.69. The SMILES string of the molecule is CCC(Br)C(=O)N1CCC(C)C2CCCCC21. The third-order valence-electron chi connectivity index (χ3n) is 4.65. The van der Waals surface area contributed by atoms with Crippen molar-refractivity contribution in [2.45, 2.75) is 63.2 Å². The summed E-state index contributed by atoms with van der Waals surface area (Å²) in [6.45, 7) is 5.42. The minimum atomic E-state index is 0.0264. The number of nitrogens with zero attached hydrogens (tertiary/aromatic N) is 1. The zero-order valence-electron chi connectivity index (χ0n) is 11.0. The summed E-state index contributed by atoms with van der Waals surface area (Å²) in [5, 5.41) is 0. The maximum atomic E-state index is 12.4. The highest BCUT2D eigenvalue weighted by Gasteiger charge is 2.40. The van der Waals surface area contributed by atoms with Crippen LogP contribution >= 0.6 is 15.9 Å². The zero-order valence-corrected chi connectivity index (χ0v) is 12.6. The lowest BCUT2D eigenvalue weighted by Gasteiger charge is -2.47. The van der Waals surface area contributed by atoms with Gasteiger partial charge >= 0.3 is 0 Å². The maximum absolute atomic E-state index is 12.4. The number of carbonyl (C=O) groups is 1. The summed E-state index contributed by atoms with van der Waals surface area (Å²) in [4.78, 5) is 14.6. The summed E-state index contributed by atoms with van der Waals surface area (Å²) in [5.41, 5.74) is 0. The van der Waals surface area contributed by atoms with E-state index in [-0.39, 0.29) is 4.83 Å². The van der Waals surface area contributed by atoms with E-state index >= 15 is 0 Å². The van der Waals surface area contributed by atoms with E-state index in [0.717, 1.165) is 24.8 Å². The van der Waals surface area contributed by atoms with Crippen LogP contribution in [0.15, 0.2) is 0 Å². The molecule has 98 valence electrons. The second-order valence-corrected chi connectivity index (χ2v) is 6.79. The molecule has 4 atom stereocenters. The van der Waals surface area contributed by atoms with Crippen LogP contribution in [0.2, 0.25) is 0 Å². The summed E-state index contributed by atoms with van der Waals surface area (Å²) < 4.78 is 0. The van der Waals surface area contributed by atoms with Crippen molar-refractivity contribution in [2.24, 2.45) is 11.8 Å². The highest BCUT2D eigenvalue weighted by Crippen LogP contribution is 2.39. The Bertz CT molecular complexity index is 281. The first-order chi connectivity index (χ1) is 8.15. The summed E-state index contributed by atoms with van der Waals surface area (Å²) in [7, 11) is 0. The minimum Gasteiger partial charge on any atom is -0.338 e. The van der Waals surface area contributed by atoms with Crippen molar-refractivity contribution in [3.05, 3.63) is 0 Å². The van der Waals surface area contributed by atoms with Gasteiger partial charge < -0.3 is 4.90 Å². The lowest BCUT2D eigenvalue weighted by atomic mass is 9.72. The summed E-state index contributed by atoms with van der Waals surface area (Å²) in [5.74, 6) is 1.90. The van der Waals surface area contributed by atoms with Crippen molar-refractivity contribution in [1.29, 1.82) is 0 Å². The van der Waals surface area contributed by atoms with Crippen molar-refractivity contribution in [3.63, 3.8) is 0 Å². The Kier molecular flexibility index (Phi) is 4.51. The Hall–Kier alpha value is -0.0500. The van der Waals surface area contributed by atoms with E-state index < -0.39 is 0 Å². The van der Waals surface area contributed by atoms with Crippen LogP contribution in [0, 0.1) is 11.8 Å². The predicted octanol–water partition coefficient (Wildman–Crippen LogP) is 3.59. The molecule has 2 fully saturated rings. The number of amides is 1. The molecule has 0 aromatic rings. The fraction of sp³-hybridized carbons (Fsp3) is 0.929. The number of hydrogen-bond donors (Lipinski definition) is 0. The highest BCUT2D eigenvalue weighted by atomic mass is 79.9. The molecule has 1 aliphatic heterocycles. The molecule has 2 nitrogen and oxygen atoms in total. The van der Waals surface area contributed by atoms with Crippen LogP contribution in [0.4, 0.5) is 0 Å². The first-order valence-corrected chi connectivity index (χ1v) is 8.01. The molecule has 1 saturated carbocycles. The van der Waals surface area contributed by atoms with Crippen molar-refractivity contribution in [1.82, 2.24) is 4.90 Å². The molecule has 0 radical (unpaired) electrons. The van der Waals surface area contributed by atoms with E-state index in [9.17, 15) is 4.79 Å². The van der Waals surface area contributed by atoms with E-state index in [0.29, 0.717) is 11.9 Å². The van der Waals surface area contributed by atoms with E-state index in [2.05, 4.69) is 34.7 Å². The minimum absolute atomic E-state index is 0.0264. The van der Waals surface area contributed by atoms with Crippen LogP contribution in [0.25, 0.3) is 0 Å². The van der Waals surface area contributed by atoms with Gasteiger partial charge in [-0.25, -0.2) is 0 Å². The maximum Gasteiger partial charge on any atom is 0.236 e. The van der Waals surface area contributed by atoms with Gasteiger partial charge in [0.05, 0.1) is 4.83 Å². The molecule has 0 aromatic carbocycles. The highest BCUT2D eigenvalue weighted by molar-refractivity contribution is 9.10. The largest absolute Gasteiger partial charge is 0.338 e. The van der Waals surface area contributed by atoms with Crippen LogP contribution in [0.5, 0.6) is 0 Å². The lowest BCUT2D eigenvalue weighted by molar-refractivity contribution is -0.138. The number of likely N-dealkylation sites (tertiary alicyclic amines) is 1. The number of fused-ring (bicyclic) bond motifs is 1. The zero-order chi connectivity index (χ0) is 12.4. The van der Waals surface area contributed by atoms with E-state index in [1.54, 1.807) is 0 Å². The van der Waals surface area contributed by atoms with Crippen LogP contribution in [-0.2, 0) is 4.79 Å². The Labute approximate surface area is 113 Å². The molecule has 4 unspecified atom stereocenters. The van der Waals surface area contributed by atoms with Gasteiger partial charge in [0.1, 0.15) is 0 Å². The third kappa shape index (κ3) is 2.69. The van der Waals surface area contributed by atoms with Gasteiger partial charge in [-0.2, -0.15) is 0 Å². The molecule has 17 heavy (non-hydrogen) atoms. The average molecular weight is 302 g/mol. The molecular formula is C14H24BrNO. The van der Waals surface area contributed by atoms with Crippen molar-refractivity contribution in [3.8, 4) is 0 Å². The van der Waals surface area contributed by atoms with Gasteiger partial charge in [-0.1, -0.05) is 42.6 Å². The molecular weight excluding hydrogens is 278 g/mol. The molecule has 0 spiro atoms. The van der Waals surface area contributed by atoms with Crippen LogP contribution in [-0.4, -0.2) is 28.2 Å². The van der Waals surface area contributed by atoms with E-state index in [4.69, 9.17) is 0 Å². The third-order valence-corrected chi connectivity index (χ3v) is 5.69. The van der Waals surface area contributed by atoms with Gasteiger partial charge in [0.2, 0.25) is 5.91 Å². The normalized spacial score (nSPS) is 35.2. The topological polar surface area (TPSA) is 20.3 Å². The molecule has 1 saturated heterocycles. The summed E-state index contributed by atoms with van der Waals surface area (Å²) >= 11 is 3.52. The van der Waals surface area contributed by atoms with Gasteiger partial charge in [0, 0.05) is 12.6 Å². The lowest BCUT2D eigenvalue weighted by Crippen LogP contribution is -2.54. The number of piperidine rings is 1. The number of halogens is 1. The standard InChI is InChI=1S/C14H24BrNO/c1-3-12(15)14(17)16-9-8-10(2)11-6-4-5-7-13(11)16/h10-13H,3-9H2,1-2H3. The molecule has 1 heterocycles. The Morgan fingerprint density at radius 1 is 1.35 bits per heavy atom. The van der Waals surface area contributed by atoms with Crippen molar-refractivity contribution in [2.75, 3.05) is 6.54 Å². The first kappa shape index (κ1) is 13.4. The summed E-state index contributed by atoms with van der Waals surface area (Å²) in [6, 6.07) is 0.534. The monoisotopic (exact) mass is 301 g/mol. The quantitative estimate of drug-likeness (QED) is 0.714. The van der Waals surface area contributed by atoms with Crippen LogP contribution in [0.3, 0.4) is 0 Å². The van der Waals surface area contributed by atoms with Gasteiger partial charge in [0.25, 0.3) is 0 Å². The molecule has 1 aliphatic carbocycles. The second kappa shape index (κ2) is 5.73. The Balaban J connectivity index is 2.09. The number of carbonyl (C=O) groups excluding carboxylic acids is 1. The fourth-order valence-corrected chi connectivity index (χ4v) is 3.80. The Morgan fingerprint density at radius 2 is 2.06 bits per heavy atom. The van der Waals surface area contributed by atoms with E-state index in [1.807, 2.05) is 0 Å². The first-order valence-electron chi connectivity index (χ1n) is 7.09. The Morgan fingerprint density at radius 3 is 2.76 bits per heavy atom. The number of hydrogen-bond acceptors (Lipinski definition) is 1. The van der Waals surface area contributed by atoms with Gasteiger partial charge in [-0.3, -0.25) is 4.79 Å². The van der Waals surface area contributed by atoms with Gasteiger partial charge in [0.15, 0.2) is 0 Å². The summed E-state index contributed by atoms with van der Waals surface area (Å²) in [6.07, 6.45) is 7.30. The molecule has 1 amide bonds. The predicted molar refractivity (Wildman–Crippen MR) is 74.2 cm³/mol. The van der Waals surface area contributed by atoms with Gasteiger partial charge in [-0.15, -0.1) is 0 Å². The van der Waals surface area contributed by atoms with Crippen molar-refractivity contribution < 1.29 is 4.79 Å². The molecule has 2 rings (SSSR count). The van der Waals surface area contributed by atoms with Crippen LogP contribution < -0.4 is 0 Å². The molecule has 0 aromatic heterocycles. The number of alkyl halides is 1. The molecule has 0 bridgehead atoms. The molecule has 0 N–H and O–H groups in total. The number of rotatable bonds is 2. The van der Waals surface area contributed by atoms with Crippen LogP contribution in [0.1, 0.15) is 52.4 Å².